The highest BCUT2D eigenvalue weighted by Crippen LogP contribution is 2.38. The highest BCUT2D eigenvalue weighted by molar-refractivity contribution is 5.93. The Hall–Kier alpha value is -2.83. The van der Waals surface area contributed by atoms with Crippen molar-refractivity contribution in [1.29, 1.82) is 0 Å². The number of benzene rings is 1. The molecule has 1 heterocycles. The summed E-state index contributed by atoms with van der Waals surface area (Å²) < 4.78 is 1.44. The lowest BCUT2D eigenvalue weighted by Crippen LogP contribution is -2.30. The van der Waals surface area contributed by atoms with Gasteiger partial charge in [-0.2, -0.15) is 9.78 Å². The van der Waals surface area contributed by atoms with Gasteiger partial charge in [0.2, 0.25) is 5.91 Å². The summed E-state index contributed by atoms with van der Waals surface area (Å²) in [6, 6.07) is 6.69. The monoisotopic (exact) mass is 412 g/mol. The second-order valence-electron chi connectivity index (χ2n) is 7.92. The molecule has 0 unspecified atom stereocenters. The molecule has 1 fully saturated rings. The molecule has 3 rings (SSSR count). The van der Waals surface area contributed by atoms with Gasteiger partial charge >= 0.3 is 6.03 Å². The molecule has 162 valence electrons. The Morgan fingerprint density at radius 3 is 2.47 bits per heavy atom. The molecule has 1 aromatic carbocycles. The maximum atomic E-state index is 12.5. The number of hydrogen-bond donors (Lipinski definition) is 3. The fourth-order valence-electron chi connectivity index (χ4n) is 4.16. The quantitative estimate of drug-likeness (QED) is 0.605. The van der Waals surface area contributed by atoms with Gasteiger partial charge in [0, 0.05) is 35.7 Å². The van der Waals surface area contributed by atoms with Crippen LogP contribution in [0.4, 0.5) is 10.5 Å². The zero-order valence-electron chi connectivity index (χ0n) is 18.1. The minimum absolute atomic E-state index is 0.0240. The van der Waals surface area contributed by atoms with Gasteiger partial charge in [-0.15, -0.1) is 0 Å². The maximum absolute atomic E-state index is 12.5. The first-order chi connectivity index (χ1) is 14.5. The second kappa shape index (κ2) is 9.78. The Kier molecular flexibility index (Phi) is 7.13. The lowest BCUT2D eigenvalue weighted by atomic mass is 10.0. The Labute approximate surface area is 177 Å². The molecule has 0 bridgehead atoms. The van der Waals surface area contributed by atoms with Gasteiger partial charge in [-0.1, -0.05) is 26.7 Å². The standard InChI is InChI=1S/C23H32N4O3/c1-4-15(5-2)22(29)25-17-11-12-18(21(28)13-17)19-14-20(16-9-7-8-10-16)27(26-19)23(30)24-6-3/h11-16,28H,4-10H2,1-3H3,(H,24,30)(H,25,29). The molecule has 1 aromatic heterocycles. The summed E-state index contributed by atoms with van der Waals surface area (Å²) in [6.45, 7) is 6.37. The van der Waals surface area contributed by atoms with Crippen LogP contribution < -0.4 is 10.6 Å². The number of hydrogen-bond acceptors (Lipinski definition) is 4. The number of rotatable bonds is 7. The molecule has 2 aromatic rings. The van der Waals surface area contributed by atoms with Gasteiger partial charge in [0.25, 0.3) is 0 Å². The maximum Gasteiger partial charge on any atom is 0.342 e. The molecule has 7 nitrogen and oxygen atoms in total. The minimum atomic E-state index is -0.251. The van der Waals surface area contributed by atoms with E-state index in [9.17, 15) is 14.7 Å². The van der Waals surface area contributed by atoms with Crippen molar-refractivity contribution < 1.29 is 14.7 Å². The van der Waals surface area contributed by atoms with E-state index in [0.717, 1.165) is 44.2 Å². The molecule has 1 aliphatic rings. The molecular weight excluding hydrogens is 380 g/mol. The predicted molar refractivity (Wildman–Crippen MR) is 118 cm³/mol. The van der Waals surface area contributed by atoms with E-state index in [2.05, 4.69) is 15.7 Å². The van der Waals surface area contributed by atoms with Crippen molar-refractivity contribution in [2.45, 2.75) is 65.2 Å². The zero-order chi connectivity index (χ0) is 21.7. The highest BCUT2D eigenvalue weighted by atomic mass is 16.3. The minimum Gasteiger partial charge on any atom is -0.507 e. The van der Waals surface area contributed by atoms with Gasteiger partial charge in [0.1, 0.15) is 5.75 Å². The summed E-state index contributed by atoms with van der Waals surface area (Å²) in [5.41, 5.74) is 2.53. The van der Waals surface area contributed by atoms with Crippen LogP contribution in [-0.4, -0.2) is 33.4 Å². The van der Waals surface area contributed by atoms with E-state index in [1.54, 1.807) is 12.1 Å². The van der Waals surface area contributed by atoms with Crippen LogP contribution >= 0.6 is 0 Å². The van der Waals surface area contributed by atoms with Crippen molar-refractivity contribution in [1.82, 2.24) is 15.1 Å². The number of aromatic hydroxyl groups is 1. The van der Waals surface area contributed by atoms with E-state index in [1.165, 1.54) is 10.7 Å². The van der Waals surface area contributed by atoms with Crippen molar-refractivity contribution in [2.75, 3.05) is 11.9 Å². The largest absolute Gasteiger partial charge is 0.507 e. The Bertz CT molecular complexity index is 896. The fourth-order valence-corrected chi connectivity index (χ4v) is 4.16. The first-order valence-electron chi connectivity index (χ1n) is 11.0. The van der Waals surface area contributed by atoms with Gasteiger partial charge in [0.05, 0.1) is 11.4 Å². The molecule has 3 N–H and O–H groups in total. The van der Waals surface area contributed by atoms with Gasteiger partial charge in [-0.25, -0.2) is 4.79 Å². The van der Waals surface area contributed by atoms with Gasteiger partial charge in [-0.05, 0) is 50.8 Å². The van der Waals surface area contributed by atoms with Crippen LogP contribution in [0.5, 0.6) is 5.75 Å². The van der Waals surface area contributed by atoms with E-state index >= 15 is 0 Å². The van der Waals surface area contributed by atoms with Gasteiger partial charge < -0.3 is 15.7 Å². The number of phenols is 1. The van der Waals surface area contributed by atoms with E-state index in [1.807, 2.05) is 26.8 Å². The number of aromatic nitrogens is 2. The van der Waals surface area contributed by atoms with Gasteiger partial charge in [-0.3, -0.25) is 4.79 Å². The summed E-state index contributed by atoms with van der Waals surface area (Å²) in [5, 5.41) is 20.8. The van der Waals surface area contributed by atoms with E-state index in [-0.39, 0.29) is 23.6 Å². The molecule has 0 radical (unpaired) electrons. The number of carbonyl (C=O) groups excluding carboxylic acids is 2. The third-order valence-corrected chi connectivity index (χ3v) is 5.93. The molecule has 0 aliphatic heterocycles. The van der Waals surface area contributed by atoms with Crippen molar-refractivity contribution >= 4 is 17.6 Å². The summed E-state index contributed by atoms with van der Waals surface area (Å²) in [4.78, 5) is 24.8. The van der Waals surface area contributed by atoms with E-state index in [0.29, 0.717) is 29.4 Å². The molecule has 0 saturated heterocycles. The molecule has 2 amide bonds. The lowest BCUT2D eigenvalue weighted by molar-refractivity contribution is -0.120. The summed E-state index contributed by atoms with van der Waals surface area (Å²) >= 11 is 0. The Morgan fingerprint density at radius 1 is 1.17 bits per heavy atom. The summed E-state index contributed by atoms with van der Waals surface area (Å²) in [6.07, 6.45) is 5.92. The number of carbonyl (C=O) groups is 2. The van der Waals surface area contributed by atoms with Crippen LogP contribution in [0.15, 0.2) is 24.3 Å². The van der Waals surface area contributed by atoms with Crippen LogP contribution in [0, 0.1) is 5.92 Å². The Balaban J connectivity index is 1.89. The molecule has 1 saturated carbocycles. The Morgan fingerprint density at radius 2 is 1.87 bits per heavy atom. The topological polar surface area (TPSA) is 96.3 Å². The molecule has 0 spiro atoms. The van der Waals surface area contributed by atoms with Crippen LogP contribution in [0.1, 0.15) is 70.9 Å². The first-order valence-corrected chi connectivity index (χ1v) is 11.0. The third kappa shape index (κ3) is 4.66. The number of nitrogens with one attached hydrogen (secondary N) is 2. The number of anilines is 1. The smallest absolute Gasteiger partial charge is 0.342 e. The van der Waals surface area contributed by atoms with E-state index in [4.69, 9.17) is 0 Å². The average molecular weight is 413 g/mol. The van der Waals surface area contributed by atoms with Crippen molar-refractivity contribution in [2.24, 2.45) is 5.92 Å². The van der Waals surface area contributed by atoms with Crippen LogP contribution in [-0.2, 0) is 4.79 Å². The lowest BCUT2D eigenvalue weighted by Gasteiger charge is -2.13. The van der Waals surface area contributed by atoms with Crippen LogP contribution in [0.2, 0.25) is 0 Å². The normalized spacial score (nSPS) is 14.3. The number of nitrogens with zero attached hydrogens (tertiary/aromatic N) is 2. The van der Waals surface area contributed by atoms with Crippen molar-refractivity contribution in [3.05, 3.63) is 30.0 Å². The fraction of sp³-hybridized carbons (Fsp3) is 0.522. The molecule has 30 heavy (non-hydrogen) atoms. The molecule has 7 heteroatoms. The average Bonchev–Trinajstić information content (AvgIpc) is 3.39. The van der Waals surface area contributed by atoms with Crippen LogP contribution in [0.3, 0.4) is 0 Å². The van der Waals surface area contributed by atoms with Crippen molar-refractivity contribution in [3.63, 3.8) is 0 Å². The SMILES string of the molecule is CCNC(=O)n1nc(-c2ccc(NC(=O)C(CC)CC)cc2O)cc1C1CCCC1. The first kappa shape index (κ1) is 21.9. The van der Waals surface area contributed by atoms with Gasteiger partial charge in [0.15, 0.2) is 0 Å². The number of amides is 2. The molecular formula is C23H32N4O3. The third-order valence-electron chi connectivity index (χ3n) is 5.93. The molecule has 0 atom stereocenters. The number of phenolic OH excluding ortho intramolecular Hbond substituents is 1. The second-order valence-corrected chi connectivity index (χ2v) is 7.92. The van der Waals surface area contributed by atoms with Crippen LogP contribution in [0.25, 0.3) is 11.3 Å². The van der Waals surface area contributed by atoms with E-state index < -0.39 is 0 Å². The molecule has 1 aliphatic carbocycles. The van der Waals surface area contributed by atoms with Crippen molar-refractivity contribution in [3.8, 4) is 17.0 Å². The summed E-state index contributed by atoms with van der Waals surface area (Å²) in [5.74, 6) is 0.232. The zero-order valence-corrected chi connectivity index (χ0v) is 18.1. The summed E-state index contributed by atoms with van der Waals surface area (Å²) in [7, 11) is 0. The highest BCUT2D eigenvalue weighted by Gasteiger charge is 2.26. The predicted octanol–water partition coefficient (Wildman–Crippen LogP) is 4.87.